The third kappa shape index (κ3) is 4.15. The summed E-state index contributed by atoms with van der Waals surface area (Å²) in [5.74, 6) is 1.57. The first-order valence-electron chi connectivity index (χ1n) is 9.90. The van der Waals surface area contributed by atoms with Crippen molar-refractivity contribution in [2.45, 2.75) is 37.8 Å². The molecule has 4 rings (SSSR count). The molecule has 0 aliphatic carbocycles. The molecule has 1 N–H and O–H groups in total. The molecule has 0 saturated carbocycles. The Kier molecular flexibility index (Phi) is 5.85. The van der Waals surface area contributed by atoms with Gasteiger partial charge in [0.1, 0.15) is 5.82 Å². The maximum atomic E-state index is 12.7. The number of benzene rings is 2. The SMILES string of the molecule is CCn1c(CNC(=O)CCC(=O)N2CCSc3ccccc32)nc2ccccc21. The highest BCUT2D eigenvalue weighted by Gasteiger charge is 2.23. The van der Waals surface area contributed by atoms with E-state index in [-0.39, 0.29) is 24.7 Å². The van der Waals surface area contributed by atoms with Gasteiger partial charge in [0.2, 0.25) is 11.8 Å². The molecule has 3 aromatic rings. The van der Waals surface area contributed by atoms with Gasteiger partial charge in [0.05, 0.1) is 23.3 Å². The lowest BCUT2D eigenvalue weighted by atomic mass is 10.2. The number of imidazole rings is 1. The summed E-state index contributed by atoms with van der Waals surface area (Å²) in [4.78, 5) is 32.6. The highest BCUT2D eigenvalue weighted by atomic mass is 32.2. The summed E-state index contributed by atoms with van der Waals surface area (Å²) in [7, 11) is 0. The highest BCUT2D eigenvalue weighted by Crippen LogP contribution is 2.34. The number of rotatable bonds is 6. The van der Waals surface area contributed by atoms with Crippen molar-refractivity contribution in [1.82, 2.24) is 14.9 Å². The van der Waals surface area contributed by atoms with Crippen molar-refractivity contribution in [2.24, 2.45) is 0 Å². The largest absolute Gasteiger partial charge is 0.349 e. The molecule has 0 atom stereocenters. The van der Waals surface area contributed by atoms with Gasteiger partial charge in [-0.2, -0.15) is 0 Å². The molecule has 1 aliphatic heterocycles. The van der Waals surface area contributed by atoms with Gasteiger partial charge < -0.3 is 14.8 Å². The van der Waals surface area contributed by atoms with Crippen LogP contribution >= 0.6 is 11.8 Å². The Bertz CT molecular complexity index is 1050. The van der Waals surface area contributed by atoms with Crippen molar-refractivity contribution in [3.05, 3.63) is 54.4 Å². The van der Waals surface area contributed by atoms with Crippen molar-refractivity contribution >= 4 is 40.3 Å². The Hall–Kier alpha value is -2.80. The van der Waals surface area contributed by atoms with Crippen molar-refractivity contribution < 1.29 is 9.59 Å². The summed E-state index contributed by atoms with van der Waals surface area (Å²) in [6, 6.07) is 15.9. The van der Waals surface area contributed by atoms with E-state index in [4.69, 9.17) is 0 Å². The van der Waals surface area contributed by atoms with E-state index in [1.54, 1.807) is 16.7 Å². The van der Waals surface area contributed by atoms with Gasteiger partial charge in [0, 0.05) is 36.6 Å². The number of hydrogen-bond donors (Lipinski definition) is 1. The first kappa shape index (κ1) is 19.5. The van der Waals surface area contributed by atoms with Crippen molar-refractivity contribution in [3.63, 3.8) is 0 Å². The molecule has 1 aliphatic rings. The number of fused-ring (bicyclic) bond motifs is 2. The van der Waals surface area contributed by atoms with Crippen LogP contribution in [0.15, 0.2) is 53.4 Å². The average molecular weight is 409 g/mol. The van der Waals surface area contributed by atoms with Gasteiger partial charge in [0.25, 0.3) is 0 Å². The topological polar surface area (TPSA) is 67.2 Å². The Balaban J connectivity index is 1.34. The van der Waals surface area contributed by atoms with Gasteiger partial charge >= 0.3 is 0 Å². The summed E-state index contributed by atoms with van der Waals surface area (Å²) in [6.07, 6.45) is 0.381. The first-order chi connectivity index (χ1) is 14.2. The van der Waals surface area contributed by atoms with Crippen molar-refractivity contribution in [1.29, 1.82) is 0 Å². The van der Waals surface area contributed by atoms with Crippen LogP contribution in [0, 0.1) is 0 Å². The number of nitrogens with zero attached hydrogens (tertiary/aromatic N) is 3. The van der Waals surface area contributed by atoms with Crippen molar-refractivity contribution in [3.8, 4) is 0 Å². The maximum absolute atomic E-state index is 12.7. The number of carbonyl (C=O) groups excluding carboxylic acids is 2. The average Bonchev–Trinajstić information content (AvgIpc) is 3.13. The number of nitrogens with one attached hydrogen (secondary N) is 1. The Morgan fingerprint density at radius 1 is 1.10 bits per heavy atom. The highest BCUT2D eigenvalue weighted by molar-refractivity contribution is 7.99. The molecule has 0 radical (unpaired) electrons. The summed E-state index contributed by atoms with van der Waals surface area (Å²) in [5.41, 5.74) is 2.94. The minimum absolute atomic E-state index is 0.00584. The number of carbonyl (C=O) groups is 2. The Labute approximate surface area is 174 Å². The van der Waals surface area contributed by atoms with E-state index in [0.29, 0.717) is 13.1 Å². The van der Waals surface area contributed by atoms with E-state index in [1.807, 2.05) is 48.5 Å². The number of aromatic nitrogens is 2. The van der Waals surface area contributed by atoms with Gasteiger partial charge in [-0.15, -0.1) is 11.8 Å². The zero-order valence-electron chi connectivity index (χ0n) is 16.4. The second-order valence-electron chi connectivity index (χ2n) is 6.90. The zero-order chi connectivity index (χ0) is 20.2. The van der Waals surface area contributed by atoms with Crippen LogP contribution in [0.2, 0.25) is 0 Å². The number of aryl methyl sites for hydroxylation is 1. The predicted molar refractivity (Wildman–Crippen MR) is 116 cm³/mol. The first-order valence-corrected chi connectivity index (χ1v) is 10.9. The van der Waals surface area contributed by atoms with Crippen LogP contribution < -0.4 is 10.2 Å². The standard InChI is InChI=1S/C22H24N4O2S/c1-2-25-17-8-4-3-7-16(17)24-20(25)15-23-21(27)11-12-22(28)26-13-14-29-19-10-6-5-9-18(19)26/h3-10H,2,11-15H2,1H3,(H,23,27). The lowest BCUT2D eigenvalue weighted by Crippen LogP contribution is -2.36. The monoisotopic (exact) mass is 408 g/mol. The van der Waals surface area contributed by atoms with Crippen LogP contribution in [-0.2, 0) is 22.7 Å². The van der Waals surface area contributed by atoms with Crippen LogP contribution in [-0.4, -0.2) is 33.7 Å². The molecule has 0 unspecified atom stereocenters. The number of anilines is 1. The predicted octanol–water partition coefficient (Wildman–Crippen LogP) is 3.59. The van der Waals surface area contributed by atoms with Gasteiger partial charge in [-0.3, -0.25) is 9.59 Å². The van der Waals surface area contributed by atoms with Gasteiger partial charge in [0.15, 0.2) is 0 Å². The molecule has 1 aromatic heterocycles. The maximum Gasteiger partial charge on any atom is 0.227 e. The minimum atomic E-state index is -0.132. The molecule has 2 aromatic carbocycles. The molecule has 150 valence electrons. The van der Waals surface area contributed by atoms with Gasteiger partial charge in [-0.25, -0.2) is 4.98 Å². The molecule has 0 spiro atoms. The van der Waals surface area contributed by atoms with Crippen LogP contribution in [0.1, 0.15) is 25.6 Å². The molecule has 6 nitrogen and oxygen atoms in total. The third-order valence-electron chi connectivity index (χ3n) is 5.09. The molecule has 0 saturated heterocycles. The van der Waals surface area contributed by atoms with Crippen LogP contribution in [0.5, 0.6) is 0 Å². The van der Waals surface area contributed by atoms with Crippen LogP contribution in [0.4, 0.5) is 5.69 Å². The number of hydrogen-bond acceptors (Lipinski definition) is 4. The zero-order valence-corrected chi connectivity index (χ0v) is 17.2. The second-order valence-corrected chi connectivity index (χ2v) is 8.04. The fraction of sp³-hybridized carbons (Fsp3) is 0.318. The fourth-order valence-electron chi connectivity index (χ4n) is 3.66. The molecule has 0 bridgehead atoms. The number of amides is 2. The smallest absolute Gasteiger partial charge is 0.227 e. The molecule has 2 heterocycles. The van der Waals surface area contributed by atoms with Crippen molar-refractivity contribution in [2.75, 3.05) is 17.2 Å². The summed E-state index contributed by atoms with van der Waals surface area (Å²) in [6.45, 7) is 3.89. The van der Waals surface area contributed by atoms with E-state index < -0.39 is 0 Å². The lowest BCUT2D eigenvalue weighted by Gasteiger charge is -2.29. The van der Waals surface area contributed by atoms with Crippen LogP contribution in [0.3, 0.4) is 0 Å². The molecular weight excluding hydrogens is 384 g/mol. The normalized spacial score (nSPS) is 13.3. The molecule has 7 heteroatoms. The van der Waals surface area contributed by atoms with Gasteiger partial charge in [-0.1, -0.05) is 24.3 Å². The van der Waals surface area contributed by atoms with Gasteiger partial charge in [-0.05, 0) is 31.2 Å². The molecular formula is C22H24N4O2S. The minimum Gasteiger partial charge on any atom is -0.349 e. The number of thioether (sulfide) groups is 1. The Morgan fingerprint density at radius 2 is 1.90 bits per heavy atom. The summed E-state index contributed by atoms with van der Waals surface area (Å²) >= 11 is 1.76. The van der Waals surface area contributed by atoms with E-state index in [2.05, 4.69) is 21.8 Å². The van der Waals surface area contributed by atoms with E-state index in [9.17, 15) is 9.59 Å². The Morgan fingerprint density at radius 3 is 2.76 bits per heavy atom. The second kappa shape index (κ2) is 8.69. The lowest BCUT2D eigenvalue weighted by molar-refractivity contribution is -0.125. The fourth-order valence-corrected chi connectivity index (χ4v) is 4.66. The van der Waals surface area contributed by atoms with E-state index in [0.717, 1.165) is 39.7 Å². The van der Waals surface area contributed by atoms with E-state index in [1.165, 1.54) is 0 Å². The molecule has 0 fully saturated rings. The summed E-state index contributed by atoms with van der Waals surface area (Å²) < 4.78 is 2.10. The number of para-hydroxylation sites is 3. The third-order valence-corrected chi connectivity index (χ3v) is 6.13. The molecule has 29 heavy (non-hydrogen) atoms. The quantitative estimate of drug-likeness (QED) is 0.677. The van der Waals surface area contributed by atoms with E-state index >= 15 is 0 Å². The molecule has 2 amide bonds. The van der Waals surface area contributed by atoms with Crippen LogP contribution in [0.25, 0.3) is 11.0 Å². The summed E-state index contributed by atoms with van der Waals surface area (Å²) in [5, 5.41) is 2.91.